The predicted molar refractivity (Wildman–Crippen MR) is 90.9 cm³/mol. The van der Waals surface area contributed by atoms with Crippen LogP contribution in [0.4, 0.5) is 5.69 Å². The fourth-order valence-corrected chi connectivity index (χ4v) is 4.63. The Morgan fingerprint density at radius 2 is 1.77 bits per heavy atom. The van der Waals surface area contributed by atoms with Gasteiger partial charge in [0, 0.05) is 22.3 Å². The summed E-state index contributed by atoms with van der Waals surface area (Å²) in [7, 11) is 0. The maximum Gasteiger partial charge on any atom is 0.143 e. The Balaban J connectivity index is 1.85. The fraction of sp³-hybridized carbons (Fsp3) is 0.211. The zero-order chi connectivity index (χ0) is 14.9. The number of hydrogen-bond acceptors (Lipinski definition) is 3. The smallest absolute Gasteiger partial charge is 0.143 e. The zero-order valence-corrected chi connectivity index (χ0v) is 13.0. The molecule has 1 N–H and O–H groups in total. The molecule has 0 radical (unpaired) electrons. The average Bonchev–Trinajstić information content (AvgIpc) is 2.73. The molecule has 0 saturated carbocycles. The van der Waals surface area contributed by atoms with Gasteiger partial charge in [-0.1, -0.05) is 48.5 Å². The van der Waals surface area contributed by atoms with Crippen LogP contribution in [0, 0.1) is 5.92 Å². The first kappa shape index (κ1) is 13.6. The minimum absolute atomic E-state index is 0.0754. The van der Waals surface area contributed by atoms with Gasteiger partial charge in [-0.05, 0) is 24.1 Å². The molecular formula is C19H17NOS. The summed E-state index contributed by atoms with van der Waals surface area (Å²) in [6, 6.07) is 18.7. The second kappa shape index (κ2) is 5.65. The van der Waals surface area contributed by atoms with Gasteiger partial charge in [-0.2, -0.15) is 0 Å². The molecule has 0 bridgehead atoms. The van der Waals surface area contributed by atoms with Crippen molar-refractivity contribution in [1.29, 1.82) is 0 Å². The van der Waals surface area contributed by atoms with Crippen LogP contribution < -0.4 is 5.32 Å². The first-order valence-electron chi connectivity index (χ1n) is 7.63. The highest BCUT2D eigenvalue weighted by atomic mass is 32.2. The van der Waals surface area contributed by atoms with Gasteiger partial charge in [-0.3, -0.25) is 4.79 Å². The van der Waals surface area contributed by atoms with Gasteiger partial charge in [-0.15, -0.1) is 11.8 Å². The summed E-state index contributed by atoms with van der Waals surface area (Å²) in [5, 5.41) is 3.65. The van der Waals surface area contributed by atoms with Crippen molar-refractivity contribution in [2.24, 2.45) is 5.92 Å². The van der Waals surface area contributed by atoms with Crippen LogP contribution in [-0.2, 0) is 4.79 Å². The molecule has 0 aromatic heterocycles. The monoisotopic (exact) mass is 307 g/mol. The molecule has 0 saturated heterocycles. The maximum atomic E-state index is 12.6. The number of allylic oxidation sites excluding steroid dienone is 2. The second-order valence-corrected chi connectivity index (χ2v) is 6.90. The minimum Gasteiger partial charge on any atom is -0.358 e. The number of carbonyl (C=O) groups excluding carboxylic acids is 1. The number of Topliss-reactive ketones (excluding diaryl/α,β-unsaturated/α-hetero) is 1. The highest BCUT2D eigenvalue weighted by molar-refractivity contribution is 7.99. The molecular weight excluding hydrogens is 290 g/mol. The number of para-hydroxylation sites is 1. The van der Waals surface area contributed by atoms with Gasteiger partial charge in [0.05, 0.1) is 11.6 Å². The number of benzene rings is 2. The van der Waals surface area contributed by atoms with Gasteiger partial charge in [0.1, 0.15) is 5.78 Å². The fourth-order valence-electron chi connectivity index (χ4n) is 3.22. The third-order valence-electron chi connectivity index (χ3n) is 4.29. The molecule has 0 unspecified atom stereocenters. The Morgan fingerprint density at radius 3 is 2.64 bits per heavy atom. The number of nitrogens with one attached hydrogen (secondary N) is 1. The lowest BCUT2D eigenvalue weighted by atomic mass is 9.85. The van der Waals surface area contributed by atoms with Crippen molar-refractivity contribution in [2.75, 3.05) is 5.32 Å². The van der Waals surface area contributed by atoms with E-state index in [1.807, 2.05) is 12.1 Å². The van der Waals surface area contributed by atoms with Crippen molar-refractivity contribution in [1.82, 2.24) is 0 Å². The minimum atomic E-state index is -0.0754. The molecule has 1 aliphatic carbocycles. The summed E-state index contributed by atoms with van der Waals surface area (Å²) >= 11 is 1.80. The highest BCUT2D eigenvalue weighted by Crippen LogP contribution is 2.50. The summed E-state index contributed by atoms with van der Waals surface area (Å²) in [4.78, 5) is 13.8. The molecule has 2 aromatic rings. The Hall–Kier alpha value is -2.00. The molecule has 4 rings (SSSR count). The lowest BCUT2D eigenvalue weighted by Crippen LogP contribution is -2.27. The molecule has 2 atom stereocenters. The normalized spacial score (nSPS) is 23.6. The maximum absolute atomic E-state index is 12.6. The molecule has 22 heavy (non-hydrogen) atoms. The molecule has 1 heterocycles. The number of carbonyl (C=O) groups is 1. The SMILES string of the molecule is O=C1CCC=C2Nc3ccccc3S[C@H](c3ccccc3)[C@@H]12. The zero-order valence-electron chi connectivity index (χ0n) is 12.2. The van der Waals surface area contributed by atoms with Crippen LogP contribution >= 0.6 is 11.8 Å². The van der Waals surface area contributed by atoms with E-state index in [-0.39, 0.29) is 11.2 Å². The van der Waals surface area contributed by atoms with E-state index in [1.165, 1.54) is 10.5 Å². The van der Waals surface area contributed by atoms with E-state index in [4.69, 9.17) is 0 Å². The lowest BCUT2D eigenvalue weighted by molar-refractivity contribution is -0.122. The number of hydrogen-bond donors (Lipinski definition) is 1. The van der Waals surface area contributed by atoms with E-state index >= 15 is 0 Å². The van der Waals surface area contributed by atoms with Crippen molar-refractivity contribution in [3.8, 4) is 0 Å². The number of thioether (sulfide) groups is 1. The molecule has 1 aliphatic heterocycles. The molecule has 0 amide bonds. The van der Waals surface area contributed by atoms with E-state index in [9.17, 15) is 4.79 Å². The molecule has 0 spiro atoms. The summed E-state index contributed by atoms with van der Waals surface area (Å²) in [6.07, 6.45) is 3.69. The van der Waals surface area contributed by atoms with Crippen LogP contribution in [0.5, 0.6) is 0 Å². The summed E-state index contributed by atoms with van der Waals surface area (Å²) in [6.45, 7) is 0. The van der Waals surface area contributed by atoms with Crippen molar-refractivity contribution in [3.63, 3.8) is 0 Å². The van der Waals surface area contributed by atoms with E-state index < -0.39 is 0 Å². The van der Waals surface area contributed by atoms with Crippen LogP contribution in [-0.4, -0.2) is 5.78 Å². The largest absolute Gasteiger partial charge is 0.358 e. The van der Waals surface area contributed by atoms with Gasteiger partial charge in [0.2, 0.25) is 0 Å². The van der Waals surface area contributed by atoms with E-state index in [2.05, 4.69) is 53.9 Å². The first-order valence-corrected chi connectivity index (χ1v) is 8.51. The van der Waals surface area contributed by atoms with Crippen LogP contribution in [0.2, 0.25) is 0 Å². The molecule has 0 fully saturated rings. The van der Waals surface area contributed by atoms with Crippen molar-refractivity contribution in [3.05, 3.63) is 71.9 Å². The van der Waals surface area contributed by atoms with Crippen molar-refractivity contribution >= 4 is 23.2 Å². The molecule has 2 aliphatic rings. The number of fused-ring (bicyclic) bond motifs is 2. The van der Waals surface area contributed by atoms with Crippen molar-refractivity contribution in [2.45, 2.75) is 23.0 Å². The third-order valence-corrected chi connectivity index (χ3v) is 5.70. The number of ketones is 1. The third kappa shape index (κ3) is 2.35. The second-order valence-electron chi connectivity index (χ2n) is 5.71. The van der Waals surface area contributed by atoms with Crippen LogP contribution in [0.3, 0.4) is 0 Å². The van der Waals surface area contributed by atoms with Gasteiger partial charge in [0.25, 0.3) is 0 Å². The van der Waals surface area contributed by atoms with Crippen LogP contribution in [0.25, 0.3) is 0 Å². The standard InChI is InChI=1S/C19H17NOS/c21-16-11-6-10-15-18(16)19(13-7-2-1-3-8-13)22-17-12-5-4-9-14(17)20-15/h1-5,7-10,12,18-20H,6,11H2/t18-,19-/m1/s1. The Bertz CT molecular complexity index is 738. The van der Waals surface area contributed by atoms with Gasteiger partial charge >= 0.3 is 0 Å². The van der Waals surface area contributed by atoms with Crippen molar-refractivity contribution < 1.29 is 4.79 Å². The topological polar surface area (TPSA) is 29.1 Å². The van der Waals surface area contributed by atoms with E-state index in [0.717, 1.165) is 17.8 Å². The Morgan fingerprint density at radius 1 is 1.00 bits per heavy atom. The van der Waals surface area contributed by atoms with Crippen LogP contribution in [0.1, 0.15) is 23.7 Å². The summed E-state index contributed by atoms with van der Waals surface area (Å²) in [5.74, 6) is 0.271. The highest BCUT2D eigenvalue weighted by Gasteiger charge is 2.37. The molecule has 110 valence electrons. The summed E-state index contributed by atoms with van der Waals surface area (Å²) < 4.78 is 0. The summed E-state index contributed by atoms with van der Waals surface area (Å²) in [5.41, 5.74) is 3.40. The predicted octanol–water partition coefficient (Wildman–Crippen LogP) is 4.81. The Kier molecular flexibility index (Phi) is 3.51. The lowest BCUT2D eigenvalue weighted by Gasteiger charge is -2.28. The first-order chi connectivity index (χ1) is 10.8. The quantitative estimate of drug-likeness (QED) is 0.820. The average molecular weight is 307 g/mol. The van der Waals surface area contributed by atoms with E-state index in [0.29, 0.717) is 12.2 Å². The Labute approximate surface area is 134 Å². The van der Waals surface area contributed by atoms with Gasteiger partial charge in [0.15, 0.2) is 0 Å². The number of anilines is 1. The van der Waals surface area contributed by atoms with Gasteiger partial charge < -0.3 is 5.32 Å². The molecule has 2 aromatic carbocycles. The van der Waals surface area contributed by atoms with Gasteiger partial charge in [-0.25, -0.2) is 0 Å². The molecule has 3 heteroatoms. The molecule has 2 nitrogen and oxygen atoms in total. The number of rotatable bonds is 1. The van der Waals surface area contributed by atoms with Crippen LogP contribution in [0.15, 0.2) is 71.3 Å². The van der Waals surface area contributed by atoms with E-state index in [1.54, 1.807) is 11.8 Å².